The van der Waals surface area contributed by atoms with Gasteiger partial charge in [-0.3, -0.25) is 0 Å². The summed E-state index contributed by atoms with van der Waals surface area (Å²) in [4.78, 5) is 29.1. The summed E-state index contributed by atoms with van der Waals surface area (Å²) in [6.07, 6.45) is 0. The SMILES string of the molecule is COC(=O)c1c(COC(=O)c2c(C)noc2C)nc2ccccc2c1C. The van der Waals surface area contributed by atoms with Crippen LogP contribution in [0.4, 0.5) is 0 Å². The third-order valence-electron chi connectivity index (χ3n) is 4.19. The molecular formula is C19H18N2O5. The molecule has 0 aliphatic rings. The van der Waals surface area contributed by atoms with E-state index in [-0.39, 0.29) is 12.2 Å². The van der Waals surface area contributed by atoms with Gasteiger partial charge in [-0.2, -0.15) is 0 Å². The number of methoxy groups -OCH3 is 1. The predicted molar refractivity (Wildman–Crippen MR) is 92.9 cm³/mol. The number of hydrogen-bond donors (Lipinski definition) is 0. The number of nitrogens with zero attached hydrogens (tertiary/aromatic N) is 2. The van der Waals surface area contributed by atoms with Crippen molar-refractivity contribution in [2.75, 3.05) is 7.11 Å². The van der Waals surface area contributed by atoms with E-state index in [2.05, 4.69) is 10.1 Å². The summed E-state index contributed by atoms with van der Waals surface area (Å²) in [7, 11) is 1.30. The van der Waals surface area contributed by atoms with Crippen molar-refractivity contribution in [3.8, 4) is 0 Å². The van der Waals surface area contributed by atoms with Crippen LogP contribution in [0.25, 0.3) is 10.9 Å². The third-order valence-corrected chi connectivity index (χ3v) is 4.19. The van der Waals surface area contributed by atoms with Crippen molar-refractivity contribution in [2.45, 2.75) is 27.4 Å². The molecule has 0 saturated carbocycles. The first-order chi connectivity index (χ1) is 12.4. The molecule has 2 heterocycles. The Morgan fingerprint density at radius 2 is 1.81 bits per heavy atom. The van der Waals surface area contributed by atoms with E-state index in [0.29, 0.717) is 28.2 Å². The number of hydrogen-bond acceptors (Lipinski definition) is 7. The molecule has 0 unspecified atom stereocenters. The van der Waals surface area contributed by atoms with Crippen LogP contribution in [0, 0.1) is 20.8 Å². The minimum Gasteiger partial charge on any atom is -0.465 e. The highest BCUT2D eigenvalue weighted by atomic mass is 16.5. The molecular weight excluding hydrogens is 336 g/mol. The number of ether oxygens (including phenoxy) is 2. The Kier molecular flexibility index (Phi) is 4.71. The molecule has 134 valence electrons. The van der Waals surface area contributed by atoms with Crippen LogP contribution in [-0.2, 0) is 16.1 Å². The monoisotopic (exact) mass is 354 g/mol. The van der Waals surface area contributed by atoms with Gasteiger partial charge in [0.25, 0.3) is 0 Å². The predicted octanol–water partition coefficient (Wildman–Crippen LogP) is 3.29. The fourth-order valence-corrected chi connectivity index (χ4v) is 2.90. The van der Waals surface area contributed by atoms with E-state index in [1.807, 2.05) is 31.2 Å². The molecule has 1 aromatic carbocycles. The normalized spacial score (nSPS) is 10.8. The van der Waals surface area contributed by atoms with Crippen molar-refractivity contribution < 1.29 is 23.6 Å². The summed E-state index contributed by atoms with van der Waals surface area (Å²) in [5.41, 5.74) is 2.81. The van der Waals surface area contributed by atoms with Gasteiger partial charge < -0.3 is 14.0 Å². The van der Waals surface area contributed by atoms with Crippen LogP contribution >= 0.6 is 0 Å². The molecule has 0 amide bonds. The lowest BCUT2D eigenvalue weighted by atomic mass is 10.0. The van der Waals surface area contributed by atoms with Gasteiger partial charge in [0.05, 0.1) is 29.6 Å². The molecule has 0 saturated heterocycles. The Hall–Kier alpha value is -3.22. The average molecular weight is 354 g/mol. The van der Waals surface area contributed by atoms with Crippen molar-refractivity contribution in [3.63, 3.8) is 0 Å². The van der Waals surface area contributed by atoms with Gasteiger partial charge in [0, 0.05) is 5.39 Å². The maximum atomic E-state index is 12.4. The Bertz CT molecular complexity index is 987. The van der Waals surface area contributed by atoms with Crippen LogP contribution in [0.3, 0.4) is 0 Å². The molecule has 0 atom stereocenters. The standard InChI is InChI=1S/C19H18N2O5/c1-10-13-7-5-6-8-14(13)20-15(16(10)18(22)24-4)9-25-19(23)17-11(2)21-26-12(17)3/h5-8H,9H2,1-4H3. The number of carbonyl (C=O) groups is 2. The van der Waals surface area contributed by atoms with E-state index in [0.717, 1.165) is 10.9 Å². The quantitative estimate of drug-likeness (QED) is 0.664. The summed E-state index contributed by atoms with van der Waals surface area (Å²) in [5, 5.41) is 4.58. The van der Waals surface area contributed by atoms with Gasteiger partial charge in [-0.05, 0) is 32.4 Å². The zero-order valence-electron chi connectivity index (χ0n) is 15.0. The number of rotatable bonds is 4. The maximum absolute atomic E-state index is 12.4. The number of benzene rings is 1. The summed E-state index contributed by atoms with van der Waals surface area (Å²) in [5.74, 6) is -0.725. The first-order valence-electron chi connectivity index (χ1n) is 8.00. The molecule has 0 bridgehead atoms. The van der Waals surface area contributed by atoms with Crippen molar-refractivity contribution in [3.05, 3.63) is 58.1 Å². The third kappa shape index (κ3) is 3.03. The van der Waals surface area contributed by atoms with E-state index in [1.54, 1.807) is 13.8 Å². The second-order valence-electron chi connectivity index (χ2n) is 5.84. The number of fused-ring (bicyclic) bond motifs is 1. The van der Waals surface area contributed by atoms with Crippen LogP contribution in [0.5, 0.6) is 0 Å². The number of para-hydroxylation sites is 1. The number of aromatic nitrogens is 2. The van der Waals surface area contributed by atoms with Crippen molar-refractivity contribution in [1.82, 2.24) is 10.1 Å². The highest BCUT2D eigenvalue weighted by molar-refractivity contribution is 5.98. The van der Waals surface area contributed by atoms with Crippen LogP contribution in [0.2, 0.25) is 0 Å². The summed E-state index contributed by atoms with van der Waals surface area (Å²) < 4.78 is 15.2. The first kappa shape index (κ1) is 17.6. The van der Waals surface area contributed by atoms with Crippen LogP contribution < -0.4 is 0 Å². The Labute approximate surface area is 149 Å². The van der Waals surface area contributed by atoms with Crippen LogP contribution in [0.1, 0.15) is 43.4 Å². The first-order valence-corrected chi connectivity index (χ1v) is 8.00. The van der Waals surface area contributed by atoms with Crippen LogP contribution in [0.15, 0.2) is 28.8 Å². The molecule has 3 rings (SSSR count). The molecule has 2 aromatic heterocycles. The number of pyridine rings is 1. The largest absolute Gasteiger partial charge is 0.465 e. The van der Waals surface area contributed by atoms with E-state index in [9.17, 15) is 9.59 Å². The zero-order valence-corrected chi connectivity index (χ0v) is 15.0. The van der Waals surface area contributed by atoms with Gasteiger partial charge in [0.1, 0.15) is 17.9 Å². The van der Waals surface area contributed by atoms with Gasteiger partial charge in [-0.1, -0.05) is 23.4 Å². The van der Waals surface area contributed by atoms with Crippen molar-refractivity contribution in [1.29, 1.82) is 0 Å². The Balaban J connectivity index is 1.98. The van der Waals surface area contributed by atoms with E-state index < -0.39 is 11.9 Å². The Morgan fingerprint density at radius 1 is 1.08 bits per heavy atom. The lowest BCUT2D eigenvalue weighted by molar-refractivity contribution is 0.0453. The summed E-state index contributed by atoms with van der Waals surface area (Å²) >= 11 is 0. The van der Waals surface area contributed by atoms with Crippen LogP contribution in [-0.4, -0.2) is 29.2 Å². The topological polar surface area (TPSA) is 91.5 Å². The van der Waals surface area contributed by atoms with E-state index >= 15 is 0 Å². The lowest BCUT2D eigenvalue weighted by Crippen LogP contribution is -2.14. The molecule has 0 spiro atoms. The Morgan fingerprint density at radius 3 is 2.46 bits per heavy atom. The fraction of sp³-hybridized carbons (Fsp3) is 0.263. The molecule has 0 fully saturated rings. The molecule has 3 aromatic rings. The van der Waals surface area contributed by atoms with Gasteiger partial charge in [0.15, 0.2) is 0 Å². The van der Waals surface area contributed by atoms with Gasteiger partial charge >= 0.3 is 11.9 Å². The van der Waals surface area contributed by atoms with Gasteiger partial charge in [-0.15, -0.1) is 0 Å². The second kappa shape index (κ2) is 6.95. The highest BCUT2D eigenvalue weighted by Gasteiger charge is 2.23. The lowest BCUT2D eigenvalue weighted by Gasteiger charge is -2.13. The number of aryl methyl sites for hydroxylation is 3. The molecule has 0 N–H and O–H groups in total. The molecule has 0 radical (unpaired) electrons. The summed E-state index contributed by atoms with van der Waals surface area (Å²) in [6.45, 7) is 4.94. The fourth-order valence-electron chi connectivity index (χ4n) is 2.90. The molecule has 0 aliphatic heterocycles. The highest BCUT2D eigenvalue weighted by Crippen LogP contribution is 2.24. The summed E-state index contributed by atoms with van der Waals surface area (Å²) in [6, 6.07) is 7.44. The zero-order chi connectivity index (χ0) is 18.8. The number of carbonyl (C=O) groups excluding carboxylic acids is 2. The second-order valence-corrected chi connectivity index (χ2v) is 5.84. The smallest absolute Gasteiger partial charge is 0.344 e. The maximum Gasteiger partial charge on any atom is 0.344 e. The van der Waals surface area contributed by atoms with Crippen molar-refractivity contribution in [2.24, 2.45) is 0 Å². The molecule has 7 heteroatoms. The minimum atomic E-state index is -0.579. The van der Waals surface area contributed by atoms with Gasteiger partial charge in [-0.25, -0.2) is 14.6 Å². The van der Waals surface area contributed by atoms with Gasteiger partial charge in [0.2, 0.25) is 0 Å². The molecule has 26 heavy (non-hydrogen) atoms. The van der Waals surface area contributed by atoms with Crippen molar-refractivity contribution >= 4 is 22.8 Å². The number of esters is 2. The minimum absolute atomic E-state index is 0.168. The van der Waals surface area contributed by atoms with E-state index in [4.69, 9.17) is 14.0 Å². The average Bonchev–Trinajstić information content (AvgIpc) is 2.97. The molecule has 7 nitrogen and oxygen atoms in total. The molecule has 0 aliphatic carbocycles. The van der Waals surface area contributed by atoms with E-state index in [1.165, 1.54) is 7.11 Å².